The fourth-order valence-electron chi connectivity index (χ4n) is 2.44. The Bertz CT molecular complexity index is 926. The van der Waals surface area contributed by atoms with Crippen molar-refractivity contribution in [1.82, 2.24) is 9.78 Å². The first kappa shape index (κ1) is 17.0. The number of nitrogens with zero attached hydrogens (tertiary/aromatic N) is 2. The summed E-state index contributed by atoms with van der Waals surface area (Å²) in [7, 11) is 1.37. The standard InChI is InChI=1S/C18H15ClFN3O2/c1-11-16(17(19)23(22-11)13-6-4-3-5-7-13)18(24)21-12-8-9-15(25-2)14(20)10-12/h3-10H,1-2H3,(H,21,24). The summed E-state index contributed by atoms with van der Waals surface area (Å²) in [4.78, 5) is 12.6. The molecule has 1 aromatic heterocycles. The highest BCUT2D eigenvalue weighted by Gasteiger charge is 2.21. The van der Waals surface area contributed by atoms with Gasteiger partial charge in [0.2, 0.25) is 0 Å². The normalized spacial score (nSPS) is 10.6. The molecule has 25 heavy (non-hydrogen) atoms. The number of para-hydroxylation sites is 1. The van der Waals surface area contributed by atoms with Crippen molar-refractivity contribution in [3.63, 3.8) is 0 Å². The maximum atomic E-state index is 13.8. The molecule has 0 atom stereocenters. The topological polar surface area (TPSA) is 56.1 Å². The van der Waals surface area contributed by atoms with Crippen molar-refractivity contribution in [2.24, 2.45) is 0 Å². The zero-order chi connectivity index (χ0) is 18.0. The number of methoxy groups -OCH3 is 1. The van der Waals surface area contributed by atoms with Crippen LogP contribution in [0.4, 0.5) is 10.1 Å². The Morgan fingerprint density at radius 2 is 1.96 bits per heavy atom. The molecule has 7 heteroatoms. The van der Waals surface area contributed by atoms with Crippen molar-refractivity contribution in [1.29, 1.82) is 0 Å². The van der Waals surface area contributed by atoms with E-state index in [0.717, 1.165) is 5.69 Å². The number of anilines is 1. The molecule has 0 unspecified atom stereocenters. The molecule has 0 bridgehead atoms. The summed E-state index contributed by atoms with van der Waals surface area (Å²) >= 11 is 6.35. The van der Waals surface area contributed by atoms with Gasteiger partial charge in [-0.1, -0.05) is 29.8 Å². The van der Waals surface area contributed by atoms with Crippen LogP contribution in [0.1, 0.15) is 16.1 Å². The van der Waals surface area contributed by atoms with Gasteiger partial charge in [-0.25, -0.2) is 9.07 Å². The Labute approximate surface area is 149 Å². The monoisotopic (exact) mass is 359 g/mol. The third kappa shape index (κ3) is 3.34. The number of nitrogens with one attached hydrogen (secondary N) is 1. The summed E-state index contributed by atoms with van der Waals surface area (Å²) in [5, 5.41) is 7.13. The molecule has 0 spiro atoms. The van der Waals surface area contributed by atoms with Gasteiger partial charge in [0.15, 0.2) is 11.6 Å². The number of carbonyl (C=O) groups excluding carboxylic acids is 1. The second kappa shape index (κ2) is 6.94. The molecule has 3 rings (SSSR count). The number of halogens is 2. The molecule has 3 aromatic rings. The van der Waals surface area contributed by atoms with Crippen LogP contribution in [0.15, 0.2) is 48.5 Å². The fourth-order valence-corrected chi connectivity index (χ4v) is 2.79. The molecule has 1 amide bonds. The lowest BCUT2D eigenvalue weighted by Gasteiger charge is -2.07. The summed E-state index contributed by atoms with van der Waals surface area (Å²) in [5.41, 5.74) is 1.75. The van der Waals surface area contributed by atoms with Crippen LogP contribution in [0.5, 0.6) is 5.75 Å². The average Bonchev–Trinajstić information content (AvgIpc) is 2.90. The van der Waals surface area contributed by atoms with Gasteiger partial charge in [-0.2, -0.15) is 5.10 Å². The van der Waals surface area contributed by atoms with Crippen LogP contribution in [0.3, 0.4) is 0 Å². The minimum absolute atomic E-state index is 0.101. The molecule has 5 nitrogen and oxygen atoms in total. The van der Waals surface area contributed by atoms with Crippen molar-refractivity contribution in [3.05, 3.63) is 70.8 Å². The molecule has 0 aliphatic rings. The smallest absolute Gasteiger partial charge is 0.260 e. The van der Waals surface area contributed by atoms with Crippen molar-refractivity contribution < 1.29 is 13.9 Å². The van der Waals surface area contributed by atoms with Crippen molar-refractivity contribution >= 4 is 23.2 Å². The van der Waals surface area contributed by atoms with Crippen LogP contribution in [-0.2, 0) is 0 Å². The van der Waals surface area contributed by atoms with Gasteiger partial charge in [-0.05, 0) is 31.2 Å². The summed E-state index contributed by atoms with van der Waals surface area (Å²) in [5.74, 6) is -0.929. The highest BCUT2D eigenvalue weighted by Crippen LogP contribution is 2.26. The molecule has 128 valence electrons. The Kier molecular flexibility index (Phi) is 4.72. The maximum Gasteiger partial charge on any atom is 0.260 e. The third-order valence-corrected chi connectivity index (χ3v) is 3.99. The third-order valence-electron chi connectivity index (χ3n) is 3.64. The van der Waals surface area contributed by atoms with Gasteiger partial charge in [0.05, 0.1) is 18.5 Å². The van der Waals surface area contributed by atoms with E-state index in [1.54, 1.807) is 13.0 Å². The summed E-state index contributed by atoms with van der Waals surface area (Å²) in [6.45, 7) is 1.69. The number of benzene rings is 2. The molecule has 0 fully saturated rings. The maximum absolute atomic E-state index is 13.8. The number of aromatic nitrogens is 2. The SMILES string of the molecule is COc1ccc(NC(=O)c2c(C)nn(-c3ccccc3)c2Cl)cc1F. The molecular formula is C18H15ClFN3O2. The van der Waals surface area contributed by atoms with Gasteiger partial charge < -0.3 is 10.1 Å². The predicted octanol–water partition coefficient (Wildman–Crippen LogP) is 4.23. The van der Waals surface area contributed by atoms with E-state index in [0.29, 0.717) is 11.4 Å². The molecule has 1 heterocycles. The number of amides is 1. The van der Waals surface area contributed by atoms with Crippen LogP contribution < -0.4 is 10.1 Å². The van der Waals surface area contributed by atoms with E-state index < -0.39 is 11.7 Å². The van der Waals surface area contributed by atoms with E-state index >= 15 is 0 Å². The van der Waals surface area contributed by atoms with E-state index in [-0.39, 0.29) is 16.5 Å². The lowest BCUT2D eigenvalue weighted by atomic mass is 10.2. The highest BCUT2D eigenvalue weighted by molar-refractivity contribution is 6.34. The number of hydrogen-bond acceptors (Lipinski definition) is 3. The second-order valence-electron chi connectivity index (χ2n) is 5.30. The Hall–Kier alpha value is -2.86. The largest absolute Gasteiger partial charge is 0.494 e. The zero-order valence-corrected chi connectivity index (χ0v) is 14.3. The van der Waals surface area contributed by atoms with Gasteiger partial charge in [0, 0.05) is 11.8 Å². The molecule has 0 radical (unpaired) electrons. The van der Waals surface area contributed by atoms with E-state index in [1.165, 1.54) is 23.9 Å². The van der Waals surface area contributed by atoms with Crippen LogP contribution in [-0.4, -0.2) is 22.8 Å². The number of hydrogen-bond donors (Lipinski definition) is 1. The van der Waals surface area contributed by atoms with Crippen LogP contribution in [0, 0.1) is 12.7 Å². The quantitative estimate of drug-likeness (QED) is 0.758. The molecule has 1 N–H and O–H groups in total. The number of rotatable bonds is 4. The van der Waals surface area contributed by atoms with Crippen LogP contribution in [0.2, 0.25) is 5.15 Å². The number of aryl methyl sites for hydroxylation is 1. The van der Waals surface area contributed by atoms with Gasteiger partial charge >= 0.3 is 0 Å². The molecule has 0 aliphatic heterocycles. The lowest BCUT2D eigenvalue weighted by Crippen LogP contribution is -2.13. The van der Waals surface area contributed by atoms with Gasteiger partial charge in [0.25, 0.3) is 5.91 Å². The lowest BCUT2D eigenvalue weighted by molar-refractivity contribution is 0.102. The first-order valence-electron chi connectivity index (χ1n) is 7.46. The molecule has 0 aliphatic carbocycles. The Morgan fingerprint density at radius 3 is 2.60 bits per heavy atom. The van der Waals surface area contributed by atoms with Gasteiger partial charge in [-0.15, -0.1) is 0 Å². The predicted molar refractivity (Wildman–Crippen MR) is 94.2 cm³/mol. The van der Waals surface area contributed by atoms with Gasteiger partial charge in [-0.3, -0.25) is 4.79 Å². The van der Waals surface area contributed by atoms with Crippen molar-refractivity contribution in [2.75, 3.05) is 12.4 Å². The molecule has 0 saturated carbocycles. The van der Waals surface area contributed by atoms with Crippen molar-refractivity contribution in [2.45, 2.75) is 6.92 Å². The second-order valence-corrected chi connectivity index (χ2v) is 5.66. The van der Waals surface area contributed by atoms with Gasteiger partial charge in [0.1, 0.15) is 10.7 Å². The van der Waals surface area contributed by atoms with Crippen LogP contribution >= 0.6 is 11.6 Å². The summed E-state index contributed by atoms with van der Waals surface area (Å²) in [6.07, 6.45) is 0. The molecular weight excluding hydrogens is 345 g/mol. The van der Waals surface area contributed by atoms with E-state index in [4.69, 9.17) is 16.3 Å². The first-order chi connectivity index (χ1) is 12.0. The average molecular weight is 360 g/mol. The highest BCUT2D eigenvalue weighted by atomic mass is 35.5. The minimum Gasteiger partial charge on any atom is -0.494 e. The zero-order valence-electron chi connectivity index (χ0n) is 13.6. The van der Waals surface area contributed by atoms with E-state index in [9.17, 15) is 9.18 Å². The Balaban J connectivity index is 1.90. The first-order valence-corrected chi connectivity index (χ1v) is 7.84. The van der Waals surface area contributed by atoms with Crippen LogP contribution in [0.25, 0.3) is 5.69 Å². The molecule has 0 saturated heterocycles. The number of ether oxygens (including phenoxy) is 1. The van der Waals surface area contributed by atoms with E-state index in [1.807, 2.05) is 30.3 Å². The summed E-state index contributed by atoms with van der Waals surface area (Å²) in [6, 6.07) is 13.4. The minimum atomic E-state index is -0.567. The molecule has 2 aromatic carbocycles. The number of carbonyl (C=O) groups is 1. The van der Waals surface area contributed by atoms with Crippen molar-refractivity contribution in [3.8, 4) is 11.4 Å². The summed E-state index contributed by atoms with van der Waals surface area (Å²) < 4.78 is 20.1. The van der Waals surface area contributed by atoms with E-state index in [2.05, 4.69) is 10.4 Å². The Morgan fingerprint density at radius 1 is 1.24 bits per heavy atom. The fraction of sp³-hybridized carbons (Fsp3) is 0.111.